The van der Waals surface area contributed by atoms with Gasteiger partial charge in [0.05, 0.1) is 30.9 Å². The lowest BCUT2D eigenvalue weighted by Crippen LogP contribution is -2.52. The molecule has 10 heteroatoms. The molecule has 0 radical (unpaired) electrons. The second-order valence-electron chi connectivity index (χ2n) is 10.6. The van der Waals surface area contributed by atoms with E-state index in [9.17, 15) is 23.5 Å². The van der Waals surface area contributed by atoms with Crippen molar-refractivity contribution in [2.24, 2.45) is 0 Å². The van der Waals surface area contributed by atoms with Gasteiger partial charge in [0.25, 0.3) is 11.8 Å². The molecule has 0 saturated carbocycles. The Kier molecular flexibility index (Phi) is 10.6. The number of hydrogen-bond acceptors (Lipinski definition) is 6. The van der Waals surface area contributed by atoms with E-state index in [0.717, 1.165) is 25.3 Å². The second-order valence-corrected chi connectivity index (χ2v) is 10.6. The maximum absolute atomic E-state index is 13.9. The van der Waals surface area contributed by atoms with Gasteiger partial charge in [0.15, 0.2) is 0 Å². The van der Waals surface area contributed by atoms with E-state index in [1.165, 1.54) is 18.2 Å². The minimum Gasteiger partial charge on any atom is -0.389 e. The molecule has 2 aromatic carbocycles. The van der Waals surface area contributed by atoms with Gasteiger partial charge < -0.3 is 30.1 Å². The van der Waals surface area contributed by atoms with Crippen molar-refractivity contribution < 1.29 is 33.0 Å². The first-order chi connectivity index (χ1) is 19.3. The van der Waals surface area contributed by atoms with Crippen LogP contribution < -0.4 is 10.6 Å². The zero-order valence-corrected chi connectivity index (χ0v) is 23.1. The van der Waals surface area contributed by atoms with Crippen molar-refractivity contribution >= 4 is 11.8 Å². The number of rotatable bonds is 12. The van der Waals surface area contributed by atoms with Crippen LogP contribution in [0.1, 0.15) is 58.9 Å². The van der Waals surface area contributed by atoms with Crippen LogP contribution in [0.25, 0.3) is 0 Å². The number of hydrogen-bond donors (Lipinski definition) is 3. The lowest BCUT2D eigenvalue weighted by atomic mass is 9.94. The summed E-state index contributed by atoms with van der Waals surface area (Å²) in [4.78, 5) is 28.4. The number of carbonyl (C=O) groups excluding carboxylic acids is 2. The van der Waals surface area contributed by atoms with E-state index in [2.05, 4.69) is 10.6 Å². The standard InChI is InChI=1S/C30H39F2N3O5/c1-3-10-40-25-16-26(33-17-25)28(36)27(13-19-11-22(31)15-23(32)12-19)34-29(37)20-6-4-7-21(14-20)30(38)35-9-5-8-24(35)18-39-2/h4,6-7,11-12,14-15,24-28,33,36H,3,5,8-10,13,16-18H2,1-2H3,(H,34,37)/t24-,25-,26-,27+,28+/m1/s1. The van der Waals surface area contributed by atoms with Crippen molar-refractivity contribution in [1.29, 1.82) is 0 Å². The molecule has 2 fully saturated rings. The van der Waals surface area contributed by atoms with Crippen molar-refractivity contribution in [1.82, 2.24) is 15.5 Å². The summed E-state index contributed by atoms with van der Waals surface area (Å²) in [7, 11) is 1.61. The van der Waals surface area contributed by atoms with Crippen LogP contribution >= 0.6 is 0 Å². The molecule has 2 saturated heterocycles. The minimum absolute atomic E-state index is 0.00530. The highest BCUT2D eigenvalue weighted by atomic mass is 19.1. The highest BCUT2D eigenvalue weighted by Gasteiger charge is 2.36. The third-order valence-electron chi connectivity index (χ3n) is 7.57. The topological polar surface area (TPSA) is 100 Å². The van der Waals surface area contributed by atoms with E-state index >= 15 is 0 Å². The monoisotopic (exact) mass is 559 g/mol. The molecular formula is C30H39F2N3O5. The first-order valence-corrected chi connectivity index (χ1v) is 14.0. The molecule has 4 rings (SSSR count). The van der Waals surface area contributed by atoms with Gasteiger partial charge in [-0.05, 0) is 68.0 Å². The summed E-state index contributed by atoms with van der Waals surface area (Å²) in [5.41, 5.74) is 0.939. The Labute approximate surface area is 234 Å². The molecule has 218 valence electrons. The molecule has 2 heterocycles. The summed E-state index contributed by atoms with van der Waals surface area (Å²) in [5, 5.41) is 17.4. The van der Waals surface area contributed by atoms with Crippen LogP contribution in [0.3, 0.4) is 0 Å². The molecule has 5 atom stereocenters. The molecule has 0 aliphatic carbocycles. The predicted molar refractivity (Wildman–Crippen MR) is 146 cm³/mol. The largest absolute Gasteiger partial charge is 0.389 e. The fraction of sp³-hybridized carbons (Fsp3) is 0.533. The van der Waals surface area contributed by atoms with Crippen molar-refractivity contribution in [3.05, 3.63) is 70.8 Å². The first-order valence-electron chi connectivity index (χ1n) is 14.0. The van der Waals surface area contributed by atoms with Crippen LogP contribution in [0.4, 0.5) is 8.78 Å². The zero-order chi connectivity index (χ0) is 28.6. The Morgan fingerprint density at radius 3 is 2.65 bits per heavy atom. The third-order valence-corrected chi connectivity index (χ3v) is 7.57. The van der Waals surface area contributed by atoms with Crippen molar-refractivity contribution in [2.75, 3.05) is 33.4 Å². The van der Waals surface area contributed by atoms with Crippen LogP contribution in [-0.2, 0) is 15.9 Å². The minimum atomic E-state index is -1.06. The average molecular weight is 560 g/mol. The Balaban J connectivity index is 1.51. The molecule has 2 aliphatic rings. The third kappa shape index (κ3) is 7.63. The Hall–Kier alpha value is -2.92. The highest BCUT2D eigenvalue weighted by Crippen LogP contribution is 2.22. The molecular weight excluding hydrogens is 520 g/mol. The number of carbonyl (C=O) groups is 2. The summed E-state index contributed by atoms with van der Waals surface area (Å²) in [6, 6.07) is 8.35. The molecule has 40 heavy (non-hydrogen) atoms. The van der Waals surface area contributed by atoms with Crippen LogP contribution in [0.15, 0.2) is 42.5 Å². The van der Waals surface area contributed by atoms with E-state index in [-0.39, 0.29) is 36.1 Å². The Morgan fingerprint density at radius 2 is 1.93 bits per heavy atom. The number of aliphatic hydroxyl groups is 1. The van der Waals surface area contributed by atoms with Crippen LogP contribution in [0.5, 0.6) is 0 Å². The SMILES string of the molecule is CCCO[C@H]1CN[C@@H]([C@H](O)[C@H](Cc2cc(F)cc(F)c2)NC(=O)c2cccc(C(=O)N3CCC[C@@H]3COC)c2)C1. The number of benzene rings is 2. The number of aliphatic hydroxyl groups excluding tert-OH is 1. The molecule has 2 aromatic rings. The molecule has 3 N–H and O–H groups in total. The van der Waals surface area contributed by atoms with E-state index in [0.29, 0.717) is 43.9 Å². The van der Waals surface area contributed by atoms with Crippen LogP contribution in [0.2, 0.25) is 0 Å². The van der Waals surface area contributed by atoms with Gasteiger partial charge in [0.1, 0.15) is 11.6 Å². The molecule has 2 amide bonds. The van der Waals surface area contributed by atoms with E-state index < -0.39 is 29.7 Å². The van der Waals surface area contributed by atoms with Gasteiger partial charge in [0.2, 0.25) is 0 Å². The molecule has 0 spiro atoms. The number of likely N-dealkylation sites (tertiary alicyclic amines) is 1. The normalized spacial score (nSPS) is 22.3. The van der Waals surface area contributed by atoms with Gasteiger partial charge in [-0.15, -0.1) is 0 Å². The van der Waals surface area contributed by atoms with E-state index in [1.807, 2.05) is 6.92 Å². The quantitative estimate of drug-likeness (QED) is 0.370. The van der Waals surface area contributed by atoms with E-state index in [1.54, 1.807) is 30.2 Å². The van der Waals surface area contributed by atoms with Gasteiger partial charge in [-0.25, -0.2) is 8.78 Å². The summed E-state index contributed by atoms with van der Waals surface area (Å²) in [6.45, 7) is 4.26. The molecule has 8 nitrogen and oxygen atoms in total. The molecule has 0 bridgehead atoms. The van der Waals surface area contributed by atoms with Gasteiger partial charge in [-0.1, -0.05) is 13.0 Å². The lowest BCUT2D eigenvalue weighted by Gasteiger charge is -2.29. The summed E-state index contributed by atoms with van der Waals surface area (Å²) >= 11 is 0. The second kappa shape index (κ2) is 14.1. The average Bonchev–Trinajstić information content (AvgIpc) is 3.60. The fourth-order valence-electron chi connectivity index (χ4n) is 5.60. The Morgan fingerprint density at radius 1 is 1.18 bits per heavy atom. The van der Waals surface area contributed by atoms with Crippen molar-refractivity contribution in [3.63, 3.8) is 0 Å². The first kappa shape index (κ1) is 30.0. The van der Waals surface area contributed by atoms with Crippen LogP contribution in [-0.4, -0.2) is 85.6 Å². The van der Waals surface area contributed by atoms with Crippen molar-refractivity contribution in [3.8, 4) is 0 Å². The number of nitrogens with one attached hydrogen (secondary N) is 2. The number of halogens is 2. The van der Waals surface area contributed by atoms with Gasteiger partial charge in [-0.2, -0.15) is 0 Å². The number of methoxy groups -OCH3 is 1. The number of nitrogens with zero attached hydrogens (tertiary/aromatic N) is 1. The van der Waals surface area contributed by atoms with Gasteiger partial charge in [-0.3, -0.25) is 9.59 Å². The highest BCUT2D eigenvalue weighted by molar-refractivity contribution is 6.00. The number of ether oxygens (including phenoxy) is 2. The molecule has 0 unspecified atom stereocenters. The van der Waals surface area contributed by atoms with Crippen molar-refractivity contribution in [2.45, 2.75) is 69.4 Å². The zero-order valence-electron chi connectivity index (χ0n) is 23.1. The molecule has 0 aromatic heterocycles. The molecule has 2 aliphatic heterocycles. The summed E-state index contributed by atoms with van der Waals surface area (Å²) in [6.07, 6.45) is 2.03. The lowest BCUT2D eigenvalue weighted by molar-refractivity contribution is 0.0514. The summed E-state index contributed by atoms with van der Waals surface area (Å²) in [5.74, 6) is -2.14. The maximum Gasteiger partial charge on any atom is 0.254 e. The number of amides is 2. The predicted octanol–water partition coefficient (Wildman–Crippen LogP) is 3.07. The fourth-order valence-corrected chi connectivity index (χ4v) is 5.60. The van der Waals surface area contributed by atoms with Gasteiger partial charge in [0, 0.05) is 50.0 Å². The van der Waals surface area contributed by atoms with Gasteiger partial charge >= 0.3 is 0 Å². The Bertz CT molecular complexity index is 1150. The maximum atomic E-state index is 13.9. The van der Waals surface area contributed by atoms with Crippen LogP contribution in [0, 0.1) is 11.6 Å². The summed E-state index contributed by atoms with van der Waals surface area (Å²) < 4.78 is 38.9. The van der Waals surface area contributed by atoms with E-state index in [4.69, 9.17) is 9.47 Å². The smallest absolute Gasteiger partial charge is 0.254 e.